The summed E-state index contributed by atoms with van der Waals surface area (Å²) in [6, 6.07) is 0.0288. The molecule has 7 heteroatoms. The van der Waals surface area contributed by atoms with Gasteiger partial charge in [0.15, 0.2) is 0 Å². The largest absolute Gasteiger partial charge is 0.421 e. The number of halogens is 3. The van der Waals surface area contributed by atoms with Crippen LogP contribution in [0.1, 0.15) is 19.4 Å². The first-order valence-electron chi connectivity index (χ1n) is 4.27. The van der Waals surface area contributed by atoms with Crippen molar-refractivity contribution in [3.05, 3.63) is 11.8 Å². The normalized spacial score (nSPS) is 11.9. The Morgan fingerprint density at radius 1 is 1.40 bits per heavy atom. The van der Waals surface area contributed by atoms with Crippen LogP contribution < -0.4 is 11.1 Å². The van der Waals surface area contributed by atoms with Gasteiger partial charge in [-0.2, -0.15) is 18.2 Å². The van der Waals surface area contributed by atoms with E-state index in [4.69, 9.17) is 5.73 Å². The number of alkyl halides is 3. The Balaban J connectivity index is 2.99. The van der Waals surface area contributed by atoms with Crippen molar-refractivity contribution in [3.63, 3.8) is 0 Å². The van der Waals surface area contributed by atoms with Crippen LogP contribution in [0.3, 0.4) is 0 Å². The number of nitrogens with one attached hydrogen (secondary N) is 1. The molecule has 0 spiro atoms. The third-order valence-electron chi connectivity index (χ3n) is 1.54. The van der Waals surface area contributed by atoms with Crippen molar-refractivity contribution in [2.24, 2.45) is 0 Å². The minimum absolute atomic E-state index is 0.0288. The molecule has 1 rings (SSSR count). The number of nitrogen functional groups attached to an aromatic ring is 1. The summed E-state index contributed by atoms with van der Waals surface area (Å²) in [5.41, 5.74) is 4.16. The first kappa shape index (κ1) is 11.5. The molecule has 1 heterocycles. The second kappa shape index (κ2) is 3.92. The van der Waals surface area contributed by atoms with E-state index in [1.54, 1.807) is 0 Å². The van der Waals surface area contributed by atoms with Gasteiger partial charge in [-0.15, -0.1) is 0 Å². The van der Waals surface area contributed by atoms with Gasteiger partial charge in [-0.3, -0.25) is 0 Å². The summed E-state index contributed by atoms with van der Waals surface area (Å²) in [6.07, 6.45) is -3.84. The van der Waals surface area contributed by atoms with Crippen LogP contribution in [0.2, 0.25) is 0 Å². The summed E-state index contributed by atoms with van der Waals surface area (Å²) in [4.78, 5) is 7.04. The lowest BCUT2D eigenvalue weighted by Crippen LogP contribution is -2.16. The van der Waals surface area contributed by atoms with Crippen LogP contribution in [-0.4, -0.2) is 16.0 Å². The monoisotopic (exact) mass is 220 g/mol. The Labute approximate surface area is 84.7 Å². The molecule has 1 aromatic heterocycles. The fraction of sp³-hybridized carbons (Fsp3) is 0.500. The first-order valence-corrected chi connectivity index (χ1v) is 4.27. The van der Waals surface area contributed by atoms with Crippen molar-refractivity contribution in [2.45, 2.75) is 26.1 Å². The molecule has 0 aliphatic rings. The predicted octanol–water partition coefficient (Wildman–Crippen LogP) is 1.90. The van der Waals surface area contributed by atoms with E-state index >= 15 is 0 Å². The van der Waals surface area contributed by atoms with Crippen LogP contribution in [-0.2, 0) is 6.18 Å². The van der Waals surface area contributed by atoms with Crippen molar-refractivity contribution < 1.29 is 13.2 Å². The molecule has 1 aromatic rings. The van der Waals surface area contributed by atoms with Gasteiger partial charge in [0.25, 0.3) is 0 Å². The summed E-state index contributed by atoms with van der Waals surface area (Å²) < 4.78 is 36.8. The maximum Gasteiger partial charge on any atom is 0.421 e. The molecule has 0 amide bonds. The highest BCUT2D eigenvalue weighted by atomic mass is 19.4. The molecule has 0 saturated heterocycles. The fourth-order valence-corrected chi connectivity index (χ4v) is 0.941. The van der Waals surface area contributed by atoms with Gasteiger partial charge in [0.2, 0.25) is 5.95 Å². The van der Waals surface area contributed by atoms with Gasteiger partial charge in [-0.05, 0) is 13.8 Å². The van der Waals surface area contributed by atoms with E-state index in [0.29, 0.717) is 6.20 Å². The molecule has 84 valence electrons. The Morgan fingerprint density at radius 2 is 2.00 bits per heavy atom. The fourth-order valence-electron chi connectivity index (χ4n) is 0.941. The van der Waals surface area contributed by atoms with Crippen molar-refractivity contribution in [1.29, 1.82) is 0 Å². The molecule has 3 N–H and O–H groups in total. The Kier molecular flexibility index (Phi) is 3.01. The molecular weight excluding hydrogens is 209 g/mol. The van der Waals surface area contributed by atoms with Crippen molar-refractivity contribution >= 4 is 11.8 Å². The highest BCUT2D eigenvalue weighted by molar-refractivity contribution is 5.44. The smallest absolute Gasteiger partial charge is 0.383 e. The summed E-state index contributed by atoms with van der Waals surface area (Å²) in [7, 11) is 0. The quantitative estimate of drug-likeness (QED) is 0.798. The topological polar surface area (TPSA) is 63.8 Å². The van der Waals surface area contributed by atoms with Crippen LogP contribution in [0.15, 0.2) is 6.20 Å². The van der Waals surface area contributed by atoms with E-state index in [9.17, 15) is 13.2 Å². The average molecular weight is 220 g/mol. The van der Waals surface area contributed by atoms with Crippen molar-refractivity contribution in [2.75, 3.05) is 11.1 Å². The lowest BCUT2D eigenvalue weighted by atomic mass is 10.3. The maximum absolute atomic E-state index is 12.3. The third-order valence-corrected chi connectivity index (χ3v) is 1.54. The number of hydrogen-bond acceptors (Lipinski definition) is 4. The van der Waals surface area contributed by atoms with Crippen molar-refractivity contribution in [1.82, 2.24) is 9.97 Å². The lowest BCUT2D eigenvalue weighted by molar-refractivity contribution is -0.137. The molecule has 0 bridgehead atoms. The number of nitrogens with zero attached hydrogens (tertiary/aromatic N) is 2. The predicted molar refractivity (Wildman–Crippen MR) is 50.2 cm³/mol. The molecule has 0 radical (unpaired) electrons. The molecule has 0 aliphatic heterocycles. The molecule has 0 aromatic carbocycles. The van der Waals surface area contributed by atoms with Gasteiger partial charge < -0.3 is 11.1 Å². The molecule has 0 fully saturated rings. The molecule has 15 heavy (non-hydrogen) atoms. The first-order chi connectivity index (χ1) is 6.80. The minimum atomic E-state index is -4.51. The van der Waals surface area contributed by atoms with E-state index < -0.39 is 17.6 Å². The van der Waals surface area contributed by atoms with Gasteiger partial charge in [-0.1, -0.05) is 0 Å². The number of hydrogen-bond donors (Lipinski definition) is 2. The molecule has 0 aliphatic carbocycles. The number of rotatable bonds is 2. The molecule has 4 nitrogen and oxygen atoms in total. The van der Waals surface area contributed by atoms with Crippen LogP contribution in [0.4, 0.5) is 24.9 Å². The third kappa shape index (κ3) is 2.97. The van der Waals surface area contributed by atoms with Gasteiger partial charge in [0.1, 0.15) is 11.4 Å². The van der Waals surface area contributed by atoms with E-state index in [1.807, 2.05) is 13.8 Å². The van der Waals surface area contributed by atoms with Gasteiger partial charge in [0, 0.05) is 12.2 Å². The van der Waals surface area contributed by atoms with Gasteiger partial charge in [0.05, 0.1) is 0 Å². The molecule has 0 atom stereocenters. The zero-order valence-corrected chi connectivity index (χ0v) is 8.26. The van der Waals surface area contributed by atoms with Crippen LogP contribution in [0.25, 0.3) is 0 Å². The molecular formula is C8H11F3N4. The van der Waals surface area contributed by atoms with E-state index in [2.05, 4.69) is 15.3 Å². The average Bonchev–Trinajstić information content (AvgIpc) is 1.99. The summed E-state index contributed by atoms with van der Waals surface area (Å²) in [5, 5.41) is 2.75. The standard InChI is InChI=1S/C8H11F3N4/c1-4(2)14-7-13-3-5(6(12)15-7)8(9,10)11/h3-4H,1-2H3,(H3,12,13,14,15). The summed E-state index contributed by atoms with van der Waals surface area (Å²) in [6.45, 7) is 3.63. The summed E-state index contributed by atoms with van der Waals surface area (Å²) >= 11 is 0. The van der Waals surface area contributed by atoms with Crippen LogP contribution >= 0.6 is 0 Å². The number of nitrogens with two attached hydrogens (primary N) is 1. The van der Waals surface area contributed by atoms with E-state index in [0.717, 1.165) is 0 Å². The van der Waals surface area contributed by atoms with Crippen molar-refractivity contribution in [3.8, 4) is 0 Å². The number of anilines is 2. The molecule has 0 unspecified atom stereocenters. The Morgan fingerprint density at radius 3 is 2.40 bits per heavy atom. The van der Waals surface area contributed by atoms with Gasteiger partial charge in [-0.25, -0.2) is 4.98 Å². The second-order valence-corrected chi connectivity index (χ2v) is 3.29. The minimum Gasteiger partial charge on any atom is -0.383 e. The second-order valence-electron chi connectivity index (χ2n) is 3.29. The SMILES string of the molecule is CC(C)Nc1ncc(C(F)(F)F)c(N)n1. The zero-order valence-electron chi connectivity index (χ0n) is 8.26. The highest BCUT2D eigenvalue weighted by Gasteiger charge is 2.34. The lowest BCUT2D eigenvalue weighted by Gasteiger charge is -2.11. The highest BCUT2D eigenvalue weighted by Crippen LogP contribution is 2.32. The Hall–Kier alpha value is -1.53. The van der Waals surface area contributed by atoms with Crippen LogP contribution in [0.5, 0.6) is 0 Å². The van der Waals surface area contributed by atoms with E-state index in [1.165, 1.54) is 0 Å². The maximum atomic E-state index is 12.3. The Bertz CT molecular complexity index is 348. The van der Waals surface area contributed by atoms with Gasteiger partial charge >= 0.3 is 6.18 Å². The molecule has 0 saturated carbocycles. The van der Waals surface area contributed by atoms with E-state index in [-0.39, 0.29) is 12.0 Å². The zero-order chi connectivity index (χ0) is 11.6. The summed E-state index contributed by atoms with van der Waals surface area (Å²) in [5.74, 6) is -0.476. The number of aromatic nitrogens is 2. The van der Waals surface area contributed by atoms with Crippen LogP contribution in [0, 0.1) is 0 Å².